The molecule has 98 valence electrons. The van der Waals surface area contributed by atoms with Crippen molar-refractivity contribution in [3.8, 4) is 0 Å². The number of nitrogens with two attached hydrogens (primary N) is 1. The number of Topliss-reactive ketones (excluding diaryl/α,β-unsaturated/α-hetero) is 1. The summed E-state index contributed by atoms with van der Waals surface area (Å²) >= 11 is 3.43. The number of ketones is 1. The standard InChI is InChI=1S/C12H12BrN5O/c1-5-10-8(17-12(14)16-5)2-6(3-9(10)19)11-7(13)4-15-18-11/h4,6H,2-3H2,1H3,(H,15,18)(H2,14,16,17). The summed E-state index contributed by atoms with van der Waals surface area (Å²) in [5.74, 6) is 0.323. The SMILES string of the molecule is Cc1nc(N)nc2c1C(=O)CC(c1[nH]ncc1Br)C2. The highest BCUT2D eigenvalue weighted by molar-refractivity contribution is 9.10. The smallest absolute Gasteiger partial charge is 0.220 e. The van der Waals surface area contributed by atoms with E-state index in [1.165, 1.54) is 0 Å². The van der Waals surface area contributed by atoms with Gasteiger partial charge in [0.2, 0.25) is 5.95 Å². The molecule has 19 heavy (non-hydrogen) atoms. The molecule has 1 unspecified atom stereocenters. The Bertz CT molecular complexity index is 666. The van der Waals surface area contributed by atoms with Gasteiger partial charge in [0.1, 0.15) is 0 Å². The summed E-state index contributed by atoms with van der Waals surface area (Å²) < 4.78 is 0.882. The zero-order valence-electron chi connectivity index (χ0n) is 10.3. The van der Waals surface area contributed by atoms with Gasteiger partial charge in [-0.1, -0.05) is 0 Å². The molecule has 1 atom stereocenters. The summed E-state index contributed by atoms with van der Waals surface area (Å²) in [5.41, 5.74) is 8.60. The van der Waals surface area contributed by atoms with E-state index in [4.69, 9.17) is 5.73 Å². The average molecular weight is 322 g/mol. The van der Waals surface area contributed by atoms with Crippen molar-refractivity contribution in [1.29, 1.82) is 0 Å². The lowest BCUT2D eigenvalue weighted by atomic mass is 9.83. The third kappa shape index (κ3) is 2.03. The number of nitrogens with one attached hydrogen (secondary N) is 1. The zero-order valence-corrected chi connectivity index (χ0v) is 11.9. The first-order valence-corrected chi connectivity index (χ1v) is 6.70. The van der Waals surface area contributed by atoms with Crippen LogP contribution in [-0.2, 0) is 6.42 Å². The molecule has 2 aromatic heterocycles. The number of halogens is 1. The first kappa shape index (κ1) is 12.3. The van der Waals surface area contributed by atoms with E-state index in [1.807, 2.05) is 0 Å². The molecule has 0 aliphatic heterocycles. The zero-order chi connectivity index (χ0) is 13.6. The Morgan fingerprint density at radius 1 is 1.42 bits per heavy atom. The minimum absolute atomic E-state index is 0.0468. The van der Waals surface area contributed by atoms with E-state index >= 15 is 0 Å². The van der Waals surface area contributed by atoms with E-state index < -0.39 is 0 Å². The lowest BCUT2D eigenvalue weighted by Gasteiger charge is -2.23. The molecule has 6 nitrogen and oxygen atoms in total. The fourth-order valence-corrected chi connectivity index (χ4v) is 3.08. The first-order chi connectivity index (χ1) is 9.06. The number of aromatic amines is 1. The number of nitrogen functional groups attached to an aromatic ring is 1. The van der Waals surface area contributed by atoms with Crippen LogP contribution in [0.3, 0.4) is 0 Å². The summed E-state index contributed by atoms with van der Waals surface area (Å²) in [7, 11) is 0. The highest BCUT2D eigenvalue weighted by Crippen LogP contribution is 2.34. The van der Waals surface area contributed by atoms with Crippen molar-refractivity contribution in [2.75, 3.05) is 5.73 Å². The van der Waals surface area contributed by atoms with Crippen LogP contribution in [0.25, 0.3) is 0 Å². The van der Waals surface area contributed by atoms with Crippen molar-refractivity contribution in [2.24, 2.45) is 0 Å². The molecule has 3 rings (SSSR count). The van der Waals surface area contributed by atoms with Crippen LogP contribution in [0.5, 0.6) is 0 Å². The Labute approximate surface area is 118 Å². The molecule has 0 amide bonds. The highest BCUT2D eigenvalue weighted by Gasteiger charge is 2.31. The fraction of sp³-hybridized carbons (Fsp3) is 0.333. The van der Waals surface area contributed by atoms with E-state index in [2.05, 4.69) is 36.1 Å². The van der Waals surface area contributed by atoms with Crippen LogP contribution < -0.4 is 5.73 Å². The molecule has 2 heterocycles. The van der Waals surface area contributed by atoms with Crippen molar-refractivity contribution in [3.05, 3.63) is 33.3 Å². The Morgan fingerprint density at radius 3 is 2.89 bits per heavy atom. The van der Waals surface area contributed by atoms with Crippen LogP contribution in [0.4, 0.5) is 5.95 Å². The van der Waals surface area contributed by atoms with Gasteiger partial charge < -0.3 is 5.73 Å². The van der Waals surface area contributed by atoms with Gasteiger partial charge in [0.25, 0.3) is 0 Å². The van der Waals surface area contributed by atoms with Gasteiger partial charge in [-0.05, 0) is 29.3 Å². The lowest BCUT2D eigenvalue weighted by molar-refractivity contribution is 0.0961. The average Bonchev–Trinajstić information content (AvgIpc) is 2.73. The molecule has 0 aromatic carbocycles. The largest absolute Gasteiger partial charge is 0.368 e. The topological polar surface area (TPSA) is 97.5 Å². The third-order valence-electron chi connectivity index (χ3n) is 3.36. The van der Waals surface area contributed by atoms with E-state index in [0.29, 0.717) is 24.1 Å². The van der Waals surface area contributed by atoms with E-state index in [1.54, 1.807) is 13.1 Å². The predicted octanol–water partition coefficient (Wildman–Crippen LogP) is 1.77. The molecule has 1 aliphatic carbocycles. The monoisotopic (exact) mass is 321 g/mol. The summed E-state index contributed by atoms with van der Waals surface area (Å²) in [6.45, 7) is 1.79. The number of nitrogens with zero attached hydrogens (tertiary/aromatic N) is 3. The first-order valence-electron chi connectivity index (χ1n) is 5.91. The molecule has 0 fully saturated rings. The summed E-state index contributed by atoms with van der Waals surface area (Å²) in [6.07, 6.45) is 2.78. The van der Waals surface area contributed by atoms with Crippen LogP contribution in [0.2, 0.25) is 0 Å². The van der Waals surface area contributed by atoms with Gasteiger partial charge >= 0.3 is 0 Å². The van der Waals surface area contributed by atoms with Crippen LogP contribution in [0, 0.1) is 6.92 Å². The number of H-pyrrole nitrogens is 1. The van der Waals surface area contributed by atoms with Gasteiger partial charge in [0.15, 0.2) is 5.78 Å². The maximum Gasteiger partial charge on any atom is 0.220 e. The Kier molecular flexibility index (Phi) is 2.85. The fourth-order valence-electron chi connectivity index (χ4n) is 2.57. The lowest BCUT2D eigenvalue weighted by Crippen LogP contribution is -2.23. The minimum Gasteiger partial charge on any atom is -0.368 e. The van der Waals surface area contributed by atoms with Crippen molar-refractivity contribution < 1.29 is 4.79 Å². The third-order valence-corrected chi connectivity index (χ3v) is 3.99. The van der Waals surface area contributed by atoms with Gasteiger partial charge in [-0.25, -0.2) is 9.97 Å². The summed E-state index contributed by atoms with van der Waals surface area (Å²) in [6, 6.07) is 0. The van der Waals surface area contributed by atoms with Gasteiger partial charge in [-0.15, -0.1) is 0 Å². The number of aryl methyl sites for hydroxylation is 1. The number of aromatic nitrogens is 4. The van der Waals surface area contributed by atoms with Crippen molar-refractivity contribution in [2.45, 2.75) is 25.7 Å². The van der Waals surface area contributed by atoms with Crippen molar-refractivity contribution >= 4 is 27.7 Å². The highest BCUT2D eigenvalue weighted by atomic mass is 79.9. The van der Waals surface area contributed by atoms with Gasteiger partial charge in [0, 0.05) is 12.3 Å². The van der Waals surface area contributed by atoms with E-state index in [9.17, 15) is 4.79 Å². The number of fused-ring (bicyclic) bond motifs is 1. The van der Waals surface area contributed by atoms with Gasteiger partial charge in [-0.3, -0.25) is 9.89 Å². The maximum absolute atomic E-state index is 12.3. The Hall–Kier alpha value is -1.76. The second-order valence-electron chi connectivity index (χ2n) is 4.65. The molecular formula is C12H12BrN5O. The molecule has 0 bridgehead atoms. The van der Waals surface area contributed by atoms with Crippen molar-refractivity contribution in [1.82, 2.24) is 20.2 Å². The van der Waals surface area contributed by atoms with Crippen LogP contribution in [0.15, 0.2) is 10.7 Å². The Balaban J connectivity index is 2.05. The number of hydrogen-bond acceptors (Lipinski definition) is 5. The molecule has 1 aliphatic rings. The summed E-state index contributed by atoms with van der Waals surface area (Å²) in [4.78, 5) is 20.5. The van der Waals surface area contributed by atoms with E-state index in [-0.39, 0.29) is 17.6 Å². The van der Waals surface area contributed by atoms with Gasteiger partial charge in [0.05, 0.1) is 33.3 Å². The van der Waals surface area contributed by atoms with Crippen LogP contribution >= 0.6 is 15.9 Å². The number of anilines is 1. The second-order valence-corrected chi connectivity index (χ2v) is 5.50. The Morgan fingerprint density at radius 2 is 2.21 bits per heavy atom. The minimum atomic E-state index is 0.0468. The van der Waals surface area contributed by atoms with Crippen molar-refractivity contribution in [3.63, 3.8) is 0 Å². The van der Waals surface area contributed by atoms with Crippen LogP contribution in [0.1, 0.15) is 39.8 Å². The number of hydrogen-bond donors (Lipinski definition) is 2. The molecular weight excluding hydrogens is 310 g/mol. The number of carbonyl (C=O) groups excluding carboxylic acids is 1. The number of carbonyl (C=O) groups is 1. The molecule has 0 radical (unpaired) electrons. The molecule has 0 spiro atoms. The maximum atomic E-state index is 12.3. The predicted molar refractivity (Wildman–Crippen MR) is 72.9 cm³/mol. The molecule has 0 saturated carbocycles. The second kappa shape index (κ2) is 4.41. The normalized spacial score (nSPS) is 18.4. The van der Waals surface area contributed by atoms with E-state index in [0.717, 1.165) is 15.9 Å². The molecule has 3 N–H and O–H groups in total. The molecule has 0 saturated heterocycles. The quantitative estimate of drug-likeness (QED) is 0.834. The molecule has 7 heteroatoms. The molecule has 2 aromatic rings. The van der Waals surface area contributed by atoms with Gasteiger partial charge in [-0.2, -0.15) is 5.10 Å². The summed E-state index contributed by atoms with van der Waals surface area (Å²) in [5, 5.41) is 6.90. The van der Waals surface area contributed by atoms with Crippen LogP contribution in [-0.4, -0.2) is 25.9 Å². The number of rotatable bonds is 1.